The maximum absolute atomic E-state index is 6.17. The van der Waals surface area contributed by atoms with E-state index in [1.54, 1.807) is 0 Å². The average Bonchev–Trinajstić information content (AvgIpc) is 3.26. The van der Waals surface area contributed by atoms with Crippen LogP contribution in [0.25, 0.3) is 11.3 Å². The Bertz CT molecular complexity index is 862. The lowest BCUT2D eigenvalue weighted by Gasteiger charge is -2.26. The molecule has 2 aromatic carbocycles. The zero-order chi connectivity index (χ0) is 16.6. The normalized spacial score (nSPS) is 22.6. The van der Waals surface area contributed by atoms with E-state index in [1.165, 1.54) is 5.56 Å². The van der Waals surface area contributed by atoms with Crippen LogP contribution in [0.15, 0.2) is 60.7 Å². The first-order valence-electron chi connectivity index (χ1n) is 8.76. The van der Waals surface area contributed by atoms with Crippen LogP contribution in [0.5, 0.6) is 0 Å². The summed E-state index contributed by atoms with van der Waals surface area (Å²) in [5.74, 6) is 0. The van der Waals surface area contributed by atoms with Crippen LogP contribution in [0, 0.1) is 0 Å². The topological polar surface area (TPSA) is 43.2 Å². The van der Waals surface area contributed by atoms with Crippen LogP contribution in [0.4, 0.5) is 0 Å². The quantitative estimate of drug-likeness (QED) is 0.740. The minimum absolute atomic E-state index is 0.196. The van der Waals surface area contributed by atoms with Crippen LogP contribution < -0.4 is 0 Å². The summed E-state index contributed by atoms with van der Waals surface area (Å²) >= 11 is 0. The van der Waals surface area contributed by atoms with Gasteiger partial charge in [0.05, 0.1) is 24.4 Å². The Hall–Kier alpha value is -2.50. The molecule has 5 nitrogen and oxygen atoms in total. The fourth-order valence-corrected chi connectivity index (χ4v) is 3.92. The average molecular weight is 332 g/mol. The molecule has 0 aliphatic carbocycles. The molecule has 0 bridgehead atoms. The molecule has 0 spiro atoms. The van der Waals surface area contributed by atoms with Gasteiger partial charge in [-0.25, -0.2) is 4.68 Å². The Morgan fingerprint density at radius 1 is 0.960 bits per heavy atom. The second kappa shape index (κ2) is 6.10. The molecular formula is C20H20N4O. The van der Waals surface area contributed by atoms with Gasteiger partial charge >= 0.3 is 0 Å². The summed E-state index contributed by atoms with van der Waals surface area (Å²) in [5, 5.41) is 8.93. The van der Waals surface area contributed by atoms with Gasteiger partial charge in [-0.15, -0.1) is 5.10 Å². The van der Waals surface area contributed by atoms with Crippen LogP contribution in [-0.4, -0.2) is 39.1 Å². The number of rotatable bonds is 3. The number of likely N-dealkylation sites (tertiary alicyclic amines) is 1. The predicted octanol–water partition coefficient (Wildman–Crippen LogP) is 2.90. The van der Waals surface area contributed by atoms with Crippen molar-refractivity contribution in [1.82, 2.24) is 19.9 Å². The van der Waals surface area contributed by atoms with Gasteiger partial charge < -0.3 is 4.74 Å². The van der Waals surface area contributed by atoms with Crippen LogP contribution in [0.2, 0.25) is 0 Å². The predicted molar refractivity (Wildman–Crippen MR) is 94.8 cm³/mol. The van der Waals surface area contributed by atoms with E-state index in [0.29, 0.717) is 6.61 Å². The van der Waals surface area contributed by atoms with Crippen LogP contribution >= 0.6 is 0 Å². The van der Waals surface area contributed by atoms with Gasteiger partial charge in [-0.1, -0.05) is 65.9 Å². The van der Waals surface area contributed by atoms with Gasteiger partial charge in [-0.3, -0.25) is 4.90 Å². The fourth-order valence-electron chi connectivity index (χ4n) is 3.92. The van der Waals surface area contributed by atoms with Crippen molar-refractivity contribution in [3.05, 3.63) is 71.9 Å². The van der Waals surface area contributed by atoms with E-state index >= 15 is 0 Å². The van der Waals surface area contributed by atoms with E-state index < -0.39 is 0 Å². The Balaban J connectivity index is 1.40. The summed E-state index contributed by atoms with van der Waals surface area (Å²) in [4.78, 5) is 2.45. The molecule has 0 radical (unpaired) electrons. The first-order chi connectivity index (χ1) is 12.4. The van der Waals surface area contributed by atoms with Crippen molar-refractivity contribution >= 4 is 0 Å². The van der Waals surface area contributed by atoms with Crippen LogP contribution in [0.1, 0.15) is 17.3 Å². The molecule has 1 aromatic heterocycles. The van der Waals surface area contributed by atoms with Gasteiger partial charge in [0.25, 0.3) is 0 Å². The minimum atomic E-state index is 0.196. The molecule has 2 aliphatic rings. The Labute approximate surface area is 146 Å². The Morgan fingerprint density at radius 2 is 1.72 bits per heavy atom. The van der Waals surface area contributed by atoms with E-state index in [0.717, 1.165) is 36.6 Å². The Kier molecular flexibility index (Phi) is 3.61. The fraction of sp³-hybridized carbons (Fsp3) is 0.300. The highest BCUT2D eigenvalue weighted by Crippen LogP contribution is 2.34. The highest BCUT2D eigenvalue weighted by atomic mass is 16.5. The molecule has 0 N–H and O–H groups in total. The lowest BCUT2D eigenvalue weighted by atomic mass is 10.1. The Morgan fingerprint density at radius 3 is 2.52 bits per heavy atom. The highest BCUT2D eigenvalue weighted by molar-refractivity contribution is 5.61. The lowest BCUT2D eigenvalue weighted by molar-refractivity contribution is -0.00494. The maximum Gasteiger partial charge on any atom is 0.118 e. The maximum atomic E-state index is 6.17. The van der Waals surface area contributed by atoms with E-state index in [2.05, 4.69) is 62.4 Å². The van der Waals surface area contributed by atoms with E-state index in [1.807, 2.05) is 18.2 Å². The SMILES string of the molecule is c1ccc(CN2CC3OCc4c(-c5ccccc5)nnn4[C@@H]3C2)cc1. The van der Waals surface area contributed by atoms with Crippen molar-refractivity contribution in [2.45, 2.75) is 25.3 Å². The van der Waals surface area contributed by atoms with Gasteiger partial charge in [0.15, 0.2) is 0 Å². The summed E-state index contributed by atoms with van der Waals surface area (Å²) in [5.41, 5.74) is 4.48. The number of hydrogen-bond acceptors (Lipinski definition) is 4. The third-order valence-electron chi connectivity index (χ3n) is 5.15. The first-order valence-corrected chi connectivity index (χ1v) is 8.76. The number of benzene rings is 2. The van der Waals surface area contributed by atoms with Gasteiger partial charge in [0, 0.05) is 25.2 Å². The van der Waals surface area contributed by atoms with Gasteiger partial charge in [-0.05, 0) is 5.56 Å². The highest BCUT2D eigenvalue weighted by Gasteiger charge is 2.40. The van der Waals surface area contributed by atoms with Crippen molar-refractivity contribution < 1.29 is 4.74 Å². The number of nitrogens with zero attached hydrogens (tertiary/aromatic N) is 4. The summed E-state index contributed by atoms with van der Waals surface area (Å²) < 4.78 is 8.27. The molecule has 2 atom stereocenters. The molecule has 3 heterocycles. The summed E-state index contributed by atoms with van der Waals surface area (Å²) in [6.07, 6.45) is 0.196. The van der Waals surface area contributed by atoms with Gasteiger partial charge in [-0.2, -0.15) is 0 Å². The standard InChI is InChI=1S/C20H20N4O/c1-3-7-15(8-4-1)11-23-12-17-19(13-23)25-14-18-20(21-22-24(17)18)16-9-5-2-6-10-16/h1-10,17,19H,11-14H2/t17-,19?/m1/s1. The van der Waals surface area contributed by atoms with E-state index in [-0.39, 0.29) is 12.1 Å². The smallest absolute Gasteiger partial charge is 0.118 e. The molecule has 5 heteroatoms. The summed E-state index contributed by atoms with van der Waals surface area (Å²) in [7, 11) is 0. The zero-order valence-corrected chi connectivity index (χ0v) is 14.0. The molecule has 5 rings (SSSR count). The molecule has 1 fully saturated rings. The lowest BCUT2D eigenvalue weighted by Crippen LogP contribution is -2.32. The van der Waals surface area contributed by atoms with Crippen molar-refractivity contribution in [3.8, 4) is 11.3 Å². The second-order valence-electron chi connectivity index (χ2n) is 6.79. The third kappa shape index (κ3) is 2.65. The van der Waals surface area contributed by atoms with Crippen LogP contribution in [0.3, 0.4) is 0 Å². The summed E-state index contributed by atoms with van der Waals surface area (Å²) in [6, 6.07) is 21.1. The molecule has 126 valence electrons. The molecule has 25 heavy (non-hydrogen) atoms. The summed E-state index contributed by atoms with van der Waals surface area (Å²) in [6.45, 7) is 3.42. The van der Waals surface area contributed by atoms with Crippen LogP contribution in [-0.2, 0) is 17.9 Å². The van der Waals surface area contributed by atoms with Crippen molar-refractivity contribution in [3.63, 3.8) is 0 Å². The zero-order valence-electron chi connectivity index (χ0n) is 14.0. The van der Waals surface area contributed by atoms with Crippen molar-refractivity contribution in [2.75, 3.05) is 13.1 Å². The largest absolute Gasteiger partial charge is 0.368 e. The molecular weight excluding hydrogens is 312 g/mol. The van der Waals surface area contributed by atoms with E-state index in [9.17, 15) is 0 Å². The van der Waals surface area contributed by atoms with Crippen molar-refractivity contribution in [1.29, 1.82) is 0 Å². The third-order valence-corrected chi connectivity index (χ3v) is 5.15. The monoisotopic (exact) mass is 332 g/mol. The second-order valence-corrected chi connectivity index (χ2v) is 6.79. The van der Waals surface area contributed by atoms with Gasteiger partial charge in [0.2, 0.25) is 0 Å². The number of hydrogen-bond donors (Lipinski definition) is 0. The number of fused-ring (bicyclic) bond motifs is 3. The molecule has 0 amide bonds. The van der Waals surface area contributed by atoms with E-state index in [4.69, 9.17) is 4.74 Å². The molecule has 2 aliphatic heterocycles. The first kappa shape index (κ1) is 14.8. The minimum Gasteiger partial charge on any atom is -0.368 e. The van der Waals surface area contributed by atoms with Gasteiger partial charge in [0.1, 0.15) is 5.69 Å². The molecule has 1 saturated heterocycles. The number of aromatic nitrogens is 3. The van der Waals surface area contributed by atoms with Crippen molar-refractivity contribution in [2.24, 2.45) is 0 Å². The molecule has 0 saturated carbocycles. The number of ether oxygens (including phenoxy) is 1. The molecule has 1 unspecified atom stereocenters. The molecule has 3 aromatic rings.